The number of aromatic nitrogens is 2. The highest BCUT2D eigenvalue weighted by Gasteiger charge is 2.30. The first-order chi connectivity index (χ1) is 12.4. The van der Waals surface area contributed by atoms with Crippen LogP contribution in [0.1, 0.15) is 41.9 Å². The lowest BCUT2D eigenvalue weighted by atomic mass is 9.94. The Bertz CT molecular complexity index is 868. The Balaban J connectivity index is 1.67. The normalized spacial score (nSPS) is 16.5. The molecule has 8 nitrogen and oxygen atoms in total. The number of nitrogens with two attached hydrogens (primary N) is 1. The van der Waals surface area contributed by atoms with Gasteiger partial charge in [-0.2, -0.15) is 9.40 Å². The lowest BCUT2D eigenvalue weighted by Gasteiger charge is -2.30. The fourth-order valence-corrected chi connectivity index (χ4v) is 4.57. The molecule has 1 aromatic heterocycles. The van der Waals surface area contributed by atoms with Gasteiger partial charge in [0.2, 0.25) is 10.0 Å². The van der Waals surface area contributed by atoms with Crippen LogP contribution >= 0.6 is 0 Å². The number of nitrogens with zero attached hydrogens (tertiary/aromatic N) is 2. The molecule has 0 unspecified atom stereocenters. The Hall–Kier alpha value is -2.39. The number of H-pyrrole nitrogens is 1. The van der Waals surface area contributed by atoms with E-state index in [1.165, 1.54) is 4.31 Å². The molecule has 2 heterocycles. The van der Waals surface area contributed by atoms with Gasteiger partial charge in [-0.1, -0.05) is 0 Å². The van der Waals surface area contributed by atoms with Crippen LogP contribution in [0.5, 0.6) is 5.75 Å². The average molecular weight is 378 g/mol. The summed E-state index contributed by atoms with van der Waals surface area (Å²) in [5.41, 5.74) is 6.23. The number of carbonyl (C=O) groups is 1. The SMILES string of the molecule is CCOc1ccc(S(=O)(=O)N2CCC(c3cc(C(N)=O)n[nH]3)CC2)cc1. The monoisotopic (exact) mass is 378 g/mol. The minimum Gasteiger partial charge on any atom is -0.494 e. The van der Waals surface area contributed by atoms with Crippen LogP contribution in [-0.2, 0) is 10.0 Å². The second-order valence-electron chi connectivity index (χ2n) is 6.16. The summed E-state index contributed by atoms with van der Waals surface area (Å²) in [5.74, 6) is 0.194. The summed E-state index contributed by atoms with van der Waals surface area (Å²) < 4.78 is 32.4. The second-order valence-corrected chi connectivity index (χ2v) is 8.09. The van der Waals surface area contributed by atoms with E-state index in [-0.39, 0.29) is 16.5 Å². The standard InChI is InChI=1S/C17H22N4O4S/c1-2-25-13-3-5-14(6-4-13)26(23,24)21-9-7-12(8-10-21)15-11-16(17(18)22)20-19-15/h3-6,11-12H,2,7-10H2,1H3,(H2,18,22)(H,19,20). The van der Waals surface area contributed by atoms with Crippen LogP contribution in [0, 0.1) is 0 Å². The number of sulfonamides is 1. The first-order valence-corrected chi connectivity index (χ1v) is 9.94. The third-order valence-corrected chi connectivity index (χ3v) is 6.43. The van der Waals surface area contributed by atoms with E-state index in [9.17, 15) is 13.2 Å². The molecule has 1 amide bonds. The van der Waals surface area contributed by atoms with Crippen molar-refractivity contribution in [3.63, 3.8) is 0 Å². The van der Waals surface area contributed by atoms with Crippen LogP contribution in [0.4, 0.5) is 0 Å². The van der Waals surface area contributed by atoms with Gasteiger partial charge in [-0.25, -0.2) is 8.42 Å². The predicted molar refractivity (Wildman–Crippen MR) is 95.5 cm³/mol. The predicted octanol–water partition coefficient (Wildman–Crippen LogP) is 1.48. The fraction of sp³-hybridized carbons (Fsp3) is 0.412. The van der Waals surface area contributed by atoms with Crippen molar-refractivity contribution in [1.82, 2.24) is 14.5 Å². The quantitative estimate of drug-likeness (QED) is 0.789. The molecular formula is C17H22N4O4S. The average Bonchev–Trinajstić information content (AvgIpc) is 3.13. The maximum atomic E-state index is 12.8. The Morgan fingerprint density at radius 2 is 1.96 bits per heavy atom. The molecule has 26 heavy (non-hydrogen) atoms. The van der Waals surface area contributed by atoms with E-state index < -0.39 is 15.9 Å². The number of hydrogen-bond donors (Lipinski definition) is 2. The molecule has 1 aliphatic rings. The molecule has 0 spiro atoms. The first kappa shape index (κ1) is 18.4. The molecule has 0 saturated carbocycles. The lowest BCUT2D eigenvalue weighted by molar-refractivity contribution is 0.0995. The van der Waals surface area contributed by atoms with Crippen LogP contribution in [0.2, 0.25) is 0 Å². The Labute approximate surface area is 152 Å². The zero-order chi connectivity index (χ0) is 18.7. The van der Waals surface area contributed by atoms with E-state index >= 15 is 0 Å². The summed E-state index contributed by atoms with van der Waals surface area (Å²) >= 11 is 0. The number of hydrogen-bond acceptors (Lipinski definition) is 5. The molecule has 3 rings (SSSR count). The number of ether oxygens (including phenoxy) is 1. The minimum atomic E-state index is -3.53. The maximum Gasteiger partial charge on any atom is 0.269 e. The molecule has 1 aliphatic heterocycles. The van der Waals surface area contributed by atoms with E-state index in [0.29, 0.717) is 38.3 Å². The molecule has 0 aliphatic carbocycles. The summed E-state index contributed by atoms with van der Waals surface area (Å²) in [6.07, 6.45) is 1.30. The summed E-state index contributed by atoms with van der Waals surface area (Å²) in [5, 5.41) is 6.71. The van der Waals surface area contributed by atoms with Crippen molar-refractivity contribution in [1.29, 1.82) is 0 Å². The zero-order valence-electron chi connectivity index (χ0n) is 14.5. The summed E-state index contributed by atoms with van der Waals surface area (Å²) in [6.45, 7) is 3.22. The molecule has 2 aromatic rings. The smallest absolute Gasteiger partial charge is 0.269 e. The first-order valence-electron chi connectivity index (χ1n) is 8.50. The Morgan fingerprint density at radius 3 is 2.50 bits per heavy atom. The molecule has 140 valence electrons. The molecule has 0 atom stereocenters. The largest absolute Gasteiger partial charge is 0.494 e. The van der Waals surface area contributed by atoms with Gasteiger partial charge in [-0.05, 0) is 50.1 Å². The van der Waals surface area contributed by atoms with Crippen molar-refractivity contribution in [2.24, 2.45) is 5.73 Å². The number of piperidine rings is 1. The summed E-state index contributed by atoms with van der Waals surface area (Å²) in [7, 11) is -3.53. The highest BCUT2D eigenvalue weighted by molar-refractivity contribution is 7.89. The van der Waals surface area contributed by atoms with Crippen LogP contribution in [0.25, 0.3) is 0 Å². The molecule has 1 saturated heterocycles. The highest BCUT2D eigenvalue weighted by atomic mass is 32.2. The van der Waals surface area contributed by atoms with Gasteiger partial charge in [0.05, 0.1) is 11.5 Å². The van der Waals surface area contributed by atoms with Gasteiger partial charge in [0.25, 0.3) is 5.91 Å². The summed E-state index contributed by atoms with van der Waals surface area (Å²) in [6, 6.07) is 8.11. The molecule has 3 N–H and O–H groups in total. The van der Waals surface area contributed by atoms with Gasteiger partial charge < -0.3 is 10.5 Å². The van der Waals surface area contributed by atoms with Gasteiger partial charge in [0.15, 0.2) is 0 Å². The minimum absolute atomic E-state index is 0.127. The highest BCUT2D eigenvalue weighted by Crippen LogP contribution is 2.30. The van der Waals surface area contributed by atoms with E-state index in [1.54, 1.807) is 30.3 Å². The molecule has 1 fully saturated rings. The van der Waals surface area contributed by atoms with Gasteiger partial charge in [0, 0.05) is 24.7 Å². The van der Waals surface area contributed by atoms with Gasteiger partial charge in [-0.3, -0.25) is 9.89 Å². The van der Waals surface area contributed by atoms with Crippen LogP contribution < -0.4 is 10.5 Å². The van der Waals surface area contributed by atoms with Crippen molar-refractivity contribution in [3.8, 4) is 5.75 Å². The van der Waals surface area contributed by atoms with Crippen molar-refractivity contribution < 1.29 is 17.9 Å². The fourth-order valence-electron chi connectivity index (χ4n) is 3.10. The maximum absolute atomic E-state index is 12.8. The number of rotatable bonds is 6. The van der Waals surface area contributed by atoms with Crippen molar-refractivity contribution in [2.45, 2.75) is 30.6 Å². The molecule has 1 aromatic carbocycles. The number of benzene rings is 1. The van der Waals surface area contributed by atoms with Crippen LogP contribution in [0.3, 0.4) is 0 Å². The van der Waals surface area contributed by atoms with Gasteiger partial charge >= 0.3 is 0 Å². The topological polar surface area (TPSA) is 118 Å². The van der Waals surface area contributed by atoms with E-state index in [2.05, 4.69) is 10.2 Å². The third kappa shape index (κ3) is 3.73. The van der Waals surface area contributed by atoms with Crippen molar-refractivity contribution in [2.75, 3.05) is 19.7 Å². The van der Waals surface area contributed by atoms with Crippen LogP contribution in [-0.4, -0.2) is 48.5 Å². The molecule has 0 bridgehead atoms. The second kappa shape index (κ2) is 7.46. The lowest BCUT2D eigenvalue weighted by Crippen LogP contribution is -2.37. The molecule has 0 radical (unpaired) electrons. The van der Waals surface area contributed by atoms with E-state index in [1.807, 2.05) is 6.92 Å². The number of aromatic amines is 1. The Kier molecular flexibility index (Phi) is 5.28. The zero-order valence-corrected chi connectivity index (χ0v) is 15.3. The van der Waals surface area contributed by atoms with E-state index in [4.69, 9.17) is 10.5 Å². The number of amides is 1. The number of carbonyl (C=O) groups excluding carboxylic acids is 1. The number of primary amides is 1. The summed E-state index contributed by atoms with van der Waals surface area (Å²) in [4.78, 5) is 11.4. The number of nitrogens with one attached hydrogen (secondary N) is 1. The van der Waals surface area contributed by atoms with Gasteiger partial charge in [0.1, 0.15) is 11.4 Å². The van der Waals surface area contributed by atoms with Crippen LogP contribution in [0.15, 0.2) is 35.2 Å². The van der Waals surface area contributed by atoms with Crippen molar-refractivity contribution >= 4 is 15.9 Å². The Morgan fingerprint density at radius 1 is 1.31 bits per heavy atom. The van der Waals surface area contributed by atoms with Crippen molar-refractivity contribution in [3.05, 3.63) is 41.7 Å². The molecular weight excluding hydrogens is 356 g/mol. The molecule has 9 heteroatoms. The van der Waals surface area contributed by atoms with E-state index in [0.717, 1.165) is 5.69 Å². The third-order valence-electron chi connectivity index (χ3n) is 4.52. The van der Waals surface area contributed by atoms with Gasteiger partial charge in [-0.15, -0.1) is 0 Å².